The van der Waals surface area contributed by atoms with Crippen LogP contribution in [0.1, 0.15) is 13.8 Å². The number of carbonyl (C=O) groups is 2. The molecule has 0 aromatic heterocycles. The summed E-state index contributed by atoms with van der Waals surface area (Å²) in [5, 5.41) is 2.79. The molecular formula is C11H18N2O4. The molecule has 17 heavy (non-hydrogen) atoms. The highest BCUT2D eigenvalue weighted by Gasteiger charge is 2.09. The third kappa shape index (κ3) is 6.34. The topological polar surface area (TPSA) is 77.0 Å². The van der Waals surface area contributed by atoms with E-state index < -0.39 is 18.1 Å². The van der Waals surface area contributed by atoms with E-state index >= 15 is 0 Å². The second kappa shape index (κ2) is 8.32. The average molecular weight is 242 g/mol. The van der Waals surface area contributed by atoms with Gasteiger partial charge in [0, 0.05) is 6.21 Å². The lowest BCUT2D eigenvalue weighted by molar-refractivity contribution is -0.142. The minimum atomic E-state index is -0.539. The highest BCUT2D eigenvalue weighted by atomic mass is 16.5. The van der Waals surface area contributed by atoms with E-state index in [0.717, 1.165) is 0 Å². The second-order valence-corrected chi connectivity index (χ2v) is 3.27. The van der Waals surface area contributed by atoms with Gasteiger partial charge in [-0.05, 0) is 26.1 Å². The molecule has 0 heterocycles. The number of esters is 2. The van der Waals surface area contributed by atoms with Crippen molar-refractivity contribution in [3.63, 3.8) is 0 Å². The highest BCUT2D eigenvalue weighted by molar-refractivity contribution is 5.80. The number of hydrogen-bond donors (Lipinski definition) is 1. The lowest BCUT2D eigenvalue weighted by atomic mass is 10.3. The van der Waals surface area contributed by atoms with Crippen molar-refractivity contribution < 1.29 is 19.1 Å². The first-order valence-corrected chi connectivity index (χ1v) is 5.13. The molecule has 6 nitrogen and oxygen atoms in total. The van der Waals surface area contributed by atoms with Crippen LogP contribution in [0, 0.1) is 0 Å². The van der Waals surface area contributed by atoms with Gasteiger partial charge in [-0.15, -0.1) is 0 Å². The van der Waals surface area contributed by atoms with Gasteiger partial charge in [-0.25, -0.2) is 9.59 Å². The van der Waals surface area contributed by atoms with Crippen LogP contribution in [0.25, 0.3) is 0 Å². The van der Waals surface area contributed by atoms with Crippen LogP contribution < -0.4 is 5.32 Å². The molecule has 2 atom stereocenters. The molecule has 0 aliphatic rings. The van der Waals surface area contributed by atoms with Gasteiger partial charge in [-0.2, -0.15) is 0 Å². The first-order chi connectivity index (χ1) is 8.02. The van der Waals surface area contributed by atoms with Gasteiger partial charge in [0.25, 0.3) is 0 Å². The number of ether oxygens (including phenoxy) is 2. The smallest absolute Gasteiger partial charge is 0.330 e. The minimum Gasteiger partial charge on any atom is -0.467 e. The first-order valence-electron chi connectivity index (χ1n) is 5.13. The van der Waals surface area contributed by atoms with E-state index in [9.17, 15) is 9.59 Å². The summed E-state index contributed by atoms with van der Waals surface area (Å²) in [7, 11) is 2.63. The first kappa shape index (κ1) is 15.2. The lowest BCUT2D eigenvalue weighted by Crippen LogP contribution is -2.30. The second-order valence-electron chi connectivity index (χ2n) is 3.27. The molecular weight excluding hydrogens is 224 g/mol. The fraction of sp³-hybridized carbons (Fsp3) is 0.545. The number of nitrogens with zero attached hydrogens (tertiary/aromatic N) is 1. The fourth-order valence-electron chi connectivity index (χ4n) is 0.898. The Kier molecular flexibility index (Phi) is 7.41. The summed E-state index contributed by atoms with van der Waals surface area (Å²) < 4.78 is 9.02. The number of nitrogens with one attached hydrogen (secondary N) is 1. The Bertz CT molecular complexity index is 313. The summed E-state index contributed by atoms with van der Waals surface area (Å²) in [5.41, 5.74) is 0. The maximum Gasteiger partial charge on any atom is 0.330 e. The molecule has 0 aromatic carbocycles. The van der Waals surface area contributed by atoms with Gasteiger partial charge >= 0.3 is 11.9 Å². The predicted molar refractivity (Wildman–Crippen MR) is 63.7 cm³/mol. The number of allylic oxidation sites excluding steroid dienone is 1. The summed E-state index contributed by atoms with van der Waals surface area (Å²) in [5.74, 6) is -0.750. The summed E-state index contributed by atoms with van der Waals surface area (Å²) in [4.78, 5) is 25.9. The van der Waals surface area contributed by atoms with Gasteiger partial charge in [0.1, 0.15) is 12.1 Å². The zero-order valence-corrected chi connectivity index (χ0v) is 10.5. The van der Waals surface area contributed by atoms with Crippen LogP contribution in [0.4, 0.5) is 0 Å². The zero-order valence-electron chi connectivity index (χ0n) is 10.5. The van der Waals surface area contributed by atoms with Crippen molar-refractivity contribution in [3.8, 4) is 0 Å². The standard InChI is InChI=1S/C11H18N2O4/c1-8(10(14)16-3)12-6-5-7-13-9(2)11(15)17-4/h5-9,12H,1-4H3/b6-5+,13-7?/t8-,9-/m0/s1. The number of methoxy groups -OCH3 is 2. The van der Waals surface area contributed by atoms with Crippen LogP contribution in [-0.2, 0) is 19.1 Å². The van der Waals surface area contributed by atoms with E-state index in [1.165, 1.54) is 20.4 Å². The Labute approximate surface area is 101 Å². The summed E-state index contributed by atoms with van der Waals surface area (Å²) in [6, 6.07) is -0.967. The Morgan fingerprint density at radius 1 is 1.18 bits per heavy atom. The van der Waals surface area contributed by atoms with E-state index in [4.69, 9.17) is 0 Å². The molecule has 0 saturated carbocycles. The van der Waals surface area contributed by atoms with Crippen molar-refractivity contribution in [2.45, 2.75) is 25.9 Å². The zero-order chi connectivity index (χ0) is 13.3. The quantitative estimate of drug-likeness (QED) is 0.535. The van der Waals surface area contributed by atoms with Gasteiger partial charge in [0.15, 0.2) is 0 Å². The van der Waals surface area contributed by atoms with Crippen LogP contribution in [0.5, 0.6) is 0 Å². The van der Waals surface area contributed by atoms with E-state index in [2.05, 4.69) is 19.8 Å². The van der Waals surface area contributed by atoms with Crippen molar-refractivity contribution in [2.24, 2.45) is 4.99 Å². The van der Waals surface area contributed by atoms with E-state index in [1.807, 2.05) is 0 Å². The number of rotatable bonds is 6. The van der Waals surface area contributed by atoms with Gasteiger partial charge in [-0.1, -0.05) is 0 Å². The van der Waals surface area contributed by atoms with Gasteiger partial charge < -0.3 is 14.8 Å². The van der Waals surface area contributed by atoms with E-state index in [0.29, 0.717) is 0 Å². The average Bonchev–Trinajstić information content (AvgIpc) is 2.35. The number of carbonyl (C=O) groups excluding carboxylic acids is 2. The van der Waals surface area contributed by atoms with Crippen molar-refractivity contribution in [1.82, 2.24) is 5.32 Å². The molecule has 0 saturated heterocycles. The molecule has 0 spiro atoms. The molecule has 6 heteroatoms. The molecule has 0 fully saturated rings. The Hall–Kier alpha value is -1.85. The molecule has 0 aliphatic heterocycles. The Balaban J connectivity index is 3.99. The molecule has 0 amide bonds. The maximum absolute atomic E-state index is 11.0. The van der Waals surface area contributed by atoms with Crippen molar-refractivity contribution >= 4 is 18.2 Å². The van der Waals surface area contributed by atoms with E-state index in [-0.39, 0.29) is 5.97 Å². The summed E-state index contributed by atoms with van der Waals surface area (Å²) in [6.45, 7) is 3.30. The molecule has 0 aliphatic carbocycles. The largest absolute Gasteiger partial charge is 0.467 e. The van der Waals surface area contributed by atoms with Crippen LogP contribution in [0.3, 0.4) is 0 Å². The molecule has 1 N–H and O–H groups in total. The van der Waals surface area contributed by atoms with Crippen LogP contribution >= 0.6 is 0 Å². The summed E-state index contributed by atoms with van der Waals surface area (Å²) >= 11 is 0. The van der Waals surface area contributed by atoms with Gasteiger partial charge in [0.2, 0.25) is 0 Å². The third-order valence-corrected chi connectivity index (χ3v) is 1.94. The predicted octanol–water partition coefficient (Wildman–Crippen LogP) is 0.283. The lowest BCUT2D eigenvalue weighted by Gasteiger charge is -2.07. The van der Waals surface area contributed by atoms with Gasteiger partial charge in [-0.3, -0.25) is 4.99 Å². The van der Waals surface area contributed by atoms with Crippen molar-refractivity contribution in [3.05, 3.63) is 12.3 Å². The van der Waals surface area contributed by atoms with Crippen LogP contribution in [0.15, 0.2) is 17.3 Å². The summed E-state index contributed by atoms with van der Waals surface area (Å²) in [6.07, 6.45) is 4.59. The van der Waals surface area contributed by atoms with E-state index in [1.54, 1.807) is 26.1 Å². The molecule has 96 valence electrons. The SMILES string of the molecule is COC(=O)[C@H](C)N=C/C=C/N[C@@H](C)C(=O)OC. The van der Waals surface area contributed by atoms with Crippen LogP contribution in [0.2, 0.25) is 0 Å². The number of aliphatic imine (C=N–C) groups is 1. The fourth-order valence-corrected chi connectivity index (χ4v) is 0.898. The monoisotopic (exact) mass is 242 g/mol. The normalized spacial score (nSPS) is 14.6. The Morgan fingerprint density at radius 2 is 1.76 bits per heavy atom. The molecule has 0 rings (SSSR count). The number of hydrogen-bond acceptors (Lipinski definition) is 6. The molecule has 0 radical (unpaired) electrons. The van der Waals surface area contributed by atoms with Crippen molar-refractivity contribution in [2.75, 3.05) is 14.2 Å². The third-order valence-electron chi connectivity index (χ3n) is 1.94. The maximum atomic E-state index is 11.0. The Morgan fingerprint density at radius 3 is 2.29 bits per heavy atom. The minimum absolute atomic E-state index is 0.352. The van der Waals surface area contributed by atoms with Gasteiger partial charge in [0.05, 0.1) is 14.2 Å². The molecule has 0 unspecified atom stereocenters. The van der Waals surface area contributed by atoms with Crippen molar-refractivity contribution in [1.29, 1.82) is 0 Å². The van der Waals surface area contributed by atoms with Crippen LogP contribution in [-0.4, -0.2) is 44.5 Å². The highest BCUT2D eigenvalue weighted by Crippen LogP contribution is 1.91. The molecule has 0 aromatic rings. The molecule has 0 bridgehead atoms.